The van der Waals surface area contributed by atoms with E-state index < -0.39 is 10.8 Å². The number of anilines is 3. The van der Waals surface area contributed by atoms with E-state index in [-0.39, 0.29) is 0 Å². The van der Waals surface area contributed by atoms with Crippen molar-refractivity contribution >= 4 is 60.2 Å². The van der Waals surface area contributed by atoms with E-state index in [0.717, 1.165) is 50.8 Å². The van der Waals surface area contributed by atoms with E-state index in [1.807, 2.05) is 23.5 Å². The largest absolute Gasteiger partial charge is 0.457 e. The summed E-state index contributed by atoms with van der Waals surface area (Å²) in [4.78, 5) is 2.44. The minimum Gasteiger partial charge on any atom is -0.457 e. The van der Waals surface area contributed by atoms with Crippen LogP contribution in [0.5, 0.6) is 11.5 Å². The molecular formula is C62H40ClNOS. The van der Waals surface area contributed by atoms with Gasteiger partial charge in [0.05, 0.1) is 10.8 Å². The third-order valence-electron chi connectivity index (χ3n) is 13.9. The minimum atomic E-state index is -0.733. The normalized spacial score (nSPS) is 15.3. The van der Waals surface area contributed by atoms with Gasteiger partial charge in [0, 0.05) is 53.4 Å². The molecule has 312 valence electrons. The molecule has 0 saturated heterocycles. The number of rotatable bonds is 7. The van der Waals surface area contributed by atoms with E-state index in [1.165, 1.54) is 53.6 Å². The highest BCUT2D eigenvalue weighted by molar-refractivity contribution is 7.25. The molecule has 11 aromatic rings. The van der Waals surface area contributed by atoms with Gasteiger partial charge in [-0.05, 0) is 111 Å². The molecule has 2 nitrogen and oxygen atoms in total. The van der Waals surface area contributed by atoms with Gasteiger partial charge in [-0.2, -0.15) is 0 Å². The number of fused-ring (bicyclic) bond motifs is 8. The molecule has 0 spiro atoms. The molecule has 0 amide bonds. The molecular weight excluding hydrogens is 842 g/mol. The van der Waals surface area contributed by atoms with Crippen molar-refractivity contribution in [1.29, 1.82) is 0 Å². The predicted octanol–water partition coefficient (Wildman–Crippen LogP) is 17.0. The number of thiophene rings is 1. The van der Waals surface area contributed by atoms with Crippen molar-refractivity contribution in [3.63, 3.8) is 0 Å². The van der Waals surface area contributed by atoms with Crippen LogP contribution in [-0.4, -0.2) is 0 Å². The molecule has 1 aromatic heterocycles. The van der Waals surface area contributed by atoms with Gasteiger partial charge < -0.3 is 9.64 Å². The van der Waals surface area contributed by atoms with E-state index in [9.17, 15) is 0 Å². The molecule has 1 aliphatic carbocycles. The molecule has 0 bridgehead atoms. The van der Waals surface area contributed by atoms with Crippen molar-refractivity contribution in [2.45, 2.75) is 10.8 Å². The van der Waals surface area contributed by atoms with Gasteiger partial charge in [0.1, 0.15) is 11.5 Å². The summed E-state index contributed by atoms with van der Waals surface area (Å²) < 4.78 is 9.43. The number of hydrogen-bond acceptors (Lipinski definition) is 3. The fraction of sp³-hybridized carbons (Fsp3) is 0.0323. The Balaban J connectivity index is 1.09. The summed E-state index contributed by atoms with van der Waals surface area (Å²) in [6.07, 6.45) is 0. The van der Waals surface area contributed by atoms with Crippen LogP contribution in [0.15, 0.2) is 243 Å². The summed E-state index contributed by atoms with van der Waals surface area (Å²) in [5, 5.41) is 3.23. The number of benzene rings is 10. The second-order valence-corrected chi connectivity index (χ2v) is 18.8. The first kappa shape index (κ1) is 38.7. The third-order valence-corrected chi connectivity index (χ3v) is 15.3. The molecule has 0 fully saturated rings. The quantitative estimate of drug-likeness (QED) is 0.158. The maximum absolute atomic E-state index is 6.91. The molecule has 1 atom stereocenters. The highest BCUT2D eigenvalue weighted by atomic mass is 35.5. The second kappa shape index (κ2) is 15.2. The summed E-state index contributed by atoms with van der Waals surface area (Å²) in [7, 11) is 0. The average molecular weight is 883 g/mol. The molecule has 13 rings (SSSR count). The maximum atomic E-state index is 6.91. The van der Waals surface area contributed by atoms with E-state index in [0.29, 0.717) is 5.02 Å². The van der Waals surface area contributed by atoms with Crippen LogP contribution in [-0.2, 0) is 10.8 Å². The first-order valence-corrected chi connectivity index (χ1v) is 23.6. The lowest BCUT2D eigenvalue weighted by atomic mass is 9.63. The molecule has 1 aliphatic heterocycles. The predicted molar refractivity (Wildman–Crippen MR) is 275 cm³/mol. The number of hydrogen-bond donors (Lipinski definition) is 0. The Labute approximate surface area is 393 Å². The zero-order valence-corrected chi connectivity index (χ0v) is 37.3. The van der Waals surface area contributed by atoms with Crippen molar-refractivity contribution in [2.24, 2.45) is 0 Å². The lowest BCUT2D eigenvalue weighted by Gasteiger charge is -2.42. The number of para-hydroxylation sites is 1. The zero-order chi connectivity index (χ0) is 43.8. The molecule has 0 saturated carbocycles. The Morgan fingerprint density at radius 3 is 1.59 bits per heavy atom. The highest BCUT2D eigenvalue weighted by Gasteiger charge is 2.47. The van der Waals surface area contributed by atoms with Crippen LogP contribution in [0.2, 0.25) is 5.02 Å². The summed E-state index contributed by atoms with van der Waals surface area (Å²) in [5.41, 5.74) is 13.8. The highest BCUT2D eigenvalue weighted by Crippen LogP contribution is 2.59. The molecule has 66 heavy (non-hydrogen) atoms. The summed E-state index contributed by atoms with van der Waals surface area (Å²) in [5.74, 6) is 1.65. The van der Waals surface area contributed by atoms with E-state index >= 15 is 0 Å². The van der Waals surface area contributed by atoms with Crippen LogP contribution >= 0.6 is 22.9 Å². The molecule has 4 heteroatoms. The lowest BCUT2D eigenvalue weighted by Crippen LogP contribution is -2.34. The Hall–Kier alpha value is -7.69. The van der Waals surface area contributed by atoms with Crippen molar-refractivity contribution in [2.75, 3.05) is 4.90 Å². The number of ether oxygens (including phenoxy) is 1. The summed E-state index contributed by atoms with van der Waals surface area (Å²) >= 11 is 8.49. The summed E-state index contributed by atoms with van der Waals surface area (Å²) in [6, 6.07) is 88.3. The first-order chi connectivity index (χ1) is 32.6. The second-order valence-electron chi connectivity index (χ2n) is 17.3. The van der Waals surface area contributed by atoms with Crippen molar-refractivity contribution < 1.29 is 4.74 Å². The topological polar surface area (TPSA) is 12.5 Å². The van der Waals surface area contributed by atoms with Gasteiger partial charge in [0.2, 0.25) is 0 Å². The van der Waals surface area contributed by atoms with E-state index in [2.05, 4.69) is 235 Å². The molecule has 2 heterocycles. The van der Waals surface area contributed by atoms with Crippen molar-refractivity contribution in [3.05, 3.63) is 292 Å². The standard InChI is InChI=1S/C62H40ClNOS/c63-45-32-30-43(31-33-45)61(41-16-3-1-4-17-41)55-27-12-13-28-57(55)65-58-37-35-47(39-56(58)61)64(48-34-36-52-51-24-9-14-29-59(51)66-60(52)40-48)46-21-15-20-44(38-46)62(42-18-5-2-6-19-42)53-25-10-7-22-49(53)50-23-8-11-26-54(50)62/h1-40H. The van der Waals surface area contributed by atoms with Crippen LogP contribution in [0.4, 0.5) is 17.1 Å². The van der Waals surface area contributed by atoms with Crippen molar-refractivity contribution in [1.82, 2.24) is 0 Å². The molecule has 10 aromatic carbocycles. The maximum Gasteiger partial charge on any atom is 0.132 e. The molecule has 0 radical (unpaired) electrons. The van der Waals surface area contributed by atoms with Gasteiger partial charge in [-0.25, -0.2) is 0 Å². The third kappa shape index (κ3) is 5.67. The van der Waals surface area contributed by atoms with Gasteiger partial charge in [0.25, 0.3) is 0 Å². The van der Waals surface area contributed by atoms with Crippen LogP contribution in [0, 0.1) is 0 Å². The fourth-order valence-electron chi connectivity index (χ4n) is 11.2. The van der Waals surface area contributed by atoms with Gasteiger partial charge in [-0.3, -0.25) is 0 Å². The van der Waals surface area contributed by atoms with Gasteiger partial charge in [-0.15, -0.1) is 11.3 Å². The Bertz CT molecular complexity index is 3610. The molecule has 1 unspecified atom stereocenters. The SMILES string of the molecule is Clc1ccc(C2(c3ccccc3)c3ccccc3Oc3ccc(N(c4cccc(C5(c6ccccc6)c6ccccc6-c6ccccc65)c4)c4ccc5c(c4)sc4ccccc45)cc32)cc1. The monoisotopic (exact) mass is 881 g/mol. The van der Waals surface area contributed by atoms with Crippen LogP contribution in [0.1, 0.15) is 44.5 Å². The number of nitrogens with zero attached hydrogens (tertiary/aromatic N) is 1. The lowest BCUT2D eigenvalue weighted by molar-refractivity contribution is 0.434. The Kier molecular flexibility index (Phi) is 8.93. The van der Waals surface area contributed by atoms with Crippen LogP contribution in [0.25, 0.3) is 31.3 Å². The van der Waals surface area contributed by atoms with E-state index in [4.69, 9.17) is 16.3 Å². The van der Waals surface area contributed by atoms with Gasteiger partial charge in [0.15, 0.2) is 0 Å². The van der Waals surface area contributed by atoms with Crippen molar-refractivity contribution in [3.8, 4) is 22.6 Å². The molecule has 2 aliphatic rings. The Morgan fingerprint density at radius 2 is 0.864 bits per heavy atom. The fourth-order valence-corrected chi connectivity index (χ4v) is 12.5. The van der Waals surface area contributed by atoms with Crippen LogP contribution in [0.3, 0.4) is 0 Å². The Morgan fingerprint density at radius 1 is 0.348 bits per heavy atom. The zero-order valence-electron chi connectivity index (χ0n) is 35.7. The first-order valence-electron chi connectivity index (χ1n) is 22.4. The average Bonchev–Trinajstić information content (AvgIpc) is 3.90. The van der Waals surface area contributed by atoms with Gasteiger partial charge in [-0.1, -0.05) is 188 Å². The van der Waals surface area contributed by atoms with Gasteiger partial charge >= 0.3 is 0 Å². The smallest absolute Gasteiger partial charge is 0.132 e. The van der Waals surface area contributed by atoms with Crippen LogP contribution < -0.4 is 9.64 Å². The number of halogens is 1. The van der Waals surface area contributed by atoms with E-state index in [1.54, 1.807) is 0 Å². The minimum absolute atomic E-state index is 0.560. The summed E-state index contributed by atoms with van der Waals surface area (Å²) in [6.45, 7) is 0. The molecule has 0 N–H and O–H groups in total.